The third-order valence-electron chi connectivity index (χ3n) is 10.8. The topological polar surface area (TPSA) is 106 Å². The molecule has 7 nitrogen and oxygen atoms in total. The molecule has 1 N–H and O–H groups in total. The van der Waals surface area contributed by atoms with E-state index in [0.717, 1.165) is 30.1 Å². The van der Waals surface area contributed by atoms with Crippen molar-refractivity contribution in [2.75, 3.05) is 0 Å². The molecule has 0 radical (unpaired) electrons. The number of carbonyl (C=O) groups excluding carboxylic acids is 2. The fourth-order valence-electron chi connectivity index (χ4n) is 8.51. The van der Waals surface area contributed by atoms with Gasteiger partial charge in [-0.05, 0) is 60.2 Å². The van der Waals surface area contributed by atoms with Crippen LogP contribution < -0.4 is 0 Å². The van der Waals surface area contributed by atoms with E-state index in [0.29, 0.717) is 11.5 Å². The smallest absolute Gasteiger partial charge is 0.422 e. The summed E-state index contributed by atoms with van der Waals surface area (Å²) < 4.78 is 19.1. The summed E-state index contributed by atoms with van der Waals surface area (Å²) in [4.78, 5) is 27.7. The maximum absolute atomic E-state index is 14.8. The van der Waals surface area contributed by atoms with Crippen molar-refractivity contribution in [3.8, 4) is 6.07 Å². The van der Waals surface area contributed by atoms with Crippen molar-refractivity contribution < 1.29 is 28.6 Å². The maximum atomic E-state index is 14.8. The van der Waals surface area contributed by atoms with Crippen molar-refractivity contribution in [3.63, 3.8) is 0 Å². The number of ether oxygens (including phenoxy) is 2. The SMILES string of the molecule is CC[Si](CC)(CC)O[C@@H]1C(C(O)C#N)=C[C@H]2C(=O)[C@]3(C=C(C)[C@@H]4OC(=O)O[C@@]143)[C@H](C)C[C@@H]1[C@H]2C1(C)C. The Kier molecular flexibility index (Phi) is 5.72. The number of carbonyl (C=O) groups is 2. The van der Waals surface area contributed by atoms with Gasteiger partial charge in [-0.25, -0.2) is 4.79 Å². The summed E-state index contributed by atoms with van der Waals surface area (Å²) in [5.41, 5.74) is -1.55. The van der Waals surface area contributed by atoms with E-state index in [2.05, 4.69) is 41.5 Å². The van der Waals surface area contributed by atoms with Crippen LogP contribution in [0.1, 0.15) is 54.9 Å². The van der Waals surface area contributed by atoms with Gasteiger partial charge in [0.25, 0.3) is 0 Å². The van der Waals surface area contributed by atoms with Gasteiger partial charge in [0.05, 0.1) is 11.5 Å². The lowest BCUT2D eigenvalue weighted by atomic mass is 9.59. The van der Waals surface area contributed by atoms with Crippen molar-refractivity contribution in [3.05, 3.63) is 23.3 Å². The van der Waals surface area contributed by atoms with E-state index >= 15 is 0 Å². The zero-order valence-corrected chi connectivity index (χ0v) is 23.5. The van der Waals surface area contributed by atoms with Gasteiger partial charge in [-0.3, -0.25) is 4.79 Å². The van der Waals surface area contributed by atoms with Crippen LogP contribution in [0.2, 0.25) is 18.1 Å². The number of nitrogens with zero attached hydrogens (tertiary/aromatic N) is 1. The molecule has 0 amide bonds. The van der Waals surface area contributed by atoms with Gasteiger partial charge in [0.1, 0.15) is 6.10 Å². The molecule has 2 spiro atoms. The van der Waals surface area contributed by atoms with Gasteiger partial charge in [0, 0.05) is 11.5 Å². The summed E-state index contributed by atoms with van der Waals surface area (Å²) >= 11 is 0. The molecule has 2 saturated carbocycles. The van der Waals surface area contributed by atoms with Crippen LogP contribution in [0.25, 0.3) is 0 Å². The van der Waals surface area contributed by atoms with E-state index in [1.54, 1.807) is 0 Å². The van der Waals surface area contributed by atoms with Gasteiger partial charge in [0.15, 0.2) is 26.3 Å². The van der Waals surface area contributed by atoms with Gasteiger partial charge in [0.2, 0.25) is 5.60 Å². The predicted octanol–water partition coefficient (Wildman–Crippen LogP) is 4.92. The van der Waals surface area contributed by atoms with Gasteiger partial charge in [-0.2, -0.15) is 5.26 Å². The third kappa shape index (κ3) is 2.91. The van der Waals surface area contributed by atoms with Gasteiger partial charge >= 0.3 is 6.16 Å². The Morgan fingerprint density at radius 3 is 2.47 bits per heavy atom. The number of Topliss-reactive ketones (excluding diaryl/α,β-unsaturated/α-hetero) is 1. The second-order valence-electron chi connectivity index (χ2n) is 12.3. The summed E-state index contributed by atoms with van der Waals surface area (Å²) in [5.74, 6) is -0.217. The van der Waals surface area contributed by atoms with Crippen molar-refractivity contribution >= 4 is 20.3 Å². The van der Waals surface area contributed by atoms with Crippen LogP contribution >= 0.6 is 0 Å². The second-order valence-corrected chi connectivity index (χ2v) is 17.0. The Bertz CT molecular complexity index is 1090. The number of nitriles is 1. The minimum absolute atomic E-state index is 0.00118. The van der Waals surface area contributed by atoms with E-state index in [1.165, 1.54) is 0 Å². The minimum atomic E-state index is -2.38. The van der Waals surface area contributed by atoms with Crippen LogP contribution in [0.15, 0.2) is 23.3 Å². The number of hydrogen-bond acceptors (Lipinski definition) is 7. The molecule has 5 rings (SSSR count). The number of aliphatic hydroxyl groups is 1. The summed E-state index contributed by atoms with van der Waals surface area (Å²) in [6.45, 7) is 14.7. The molecule has 4 aliphatic carbocycles. The normalized spacial score (nSPS) is 42.9. The molecule has 1 saturated heterocycles. The Morgan fingerprint density at radius 2 is 1.89 bits per heavy atom. The van der Waals surface area contributed by atoms with Gasteiger partial charge in [-0.1, -0.05) is 53.7 Å². The minimum Gasteiger partial charge on any atom is -0.422 e. The molecular weight excluding hydrogens is 474 g/mol. The molecule has 0 aromatic rings. The average Bonchev–Trinajstić information content (AvgIpc) is 3.12. The lowest BCUT2D eigenvalue weighted by molar-refractivity contribution is -0.160. The van der Waals surface area contributed by atoms with E-state index in [1.807, 2.05) is 25.1 Å². The third-order valence-corrected chi connectivity index (χ3v) is 15.4. The zero-order chi connectivity index (χ0) is 26.4. The van der Waals surface area contributed by atoms with Crippen LogP contribution in [0, 0.1) is 45.8 Å². The fraction of sp³-hybridized carbons (Fsp3) is 0.750. The predicted molar refractivity (Wildman–Crippen MR) is 135 cm³/mol. The molecule has 36 heavy (non-hydrogen) atoms. The maximum Gasteiger partial charge on any atom is 0.509 e. The molecule has 0 aromatic carbocycles. The number of rotatable bonds is 6. The lowest BCUT2D eigenvalue weighted by Gasteiger charge is -2.50. The first-order chi connectivity index (χ1) is 16.9. The van der Waals surface area contributed by atoms with Crippen LogP contribution in [-0.4, -0.2) is 49.3 Å². The number of fused-ring (bicyclic) bond motifs is 3. The molecule has 1 aliphatic heterocycles. The number of aliphatic hydroxyl groups excluding tert-OH is 1. The highest BCUT2D eigenvalue weighted by atomic mass is 28.4. The van der Waals surface area contributed by atoms with Gasteiger partial charge < -0.3 is 19.0 Å². The molecule has 9 atom stereocenters. The Labute approximate surface area is 215 Å². The summed E-state index contributed by atoms with van der Waals surface area (Å²) in [6.07, 6.45) is 0.574. The quantitative estimate of drug-likeness (QED) is 0.233. The summed E-state index contributed by atoms with van der Waals surface area (Å²) in [5, 5.41) is 21.0. The number of hydrogen-bond donors (Lipinski definition) is 1. The van der Waals surface area contributed by atoms with Crippen LogP contribution in [0.3, 0.4) is 0 Å². The first-order valence-electron chi connectivity index (χ1n) is 13.5. The lowest BCUT2D eigenvalue weighted by Crippen LogP contribution is -2.66. The van der Waals surface area contributed by atoms with E-state index in [4.69, 9.17) is 13.9 Å². The van der Waals surface area contributed by atoms with Gasteiger partial charge in [-0.15, -0.1) is 0 Å². The van der Waals surface area contributed by atoms with E-state index in [-0.39, 0.29) is 23.0 Å². The summed E-state index contributed by atoms with van der Waals surface area (Å²) in [6, 6.07) is 4.47. The van der Waals surface area contributed by atoms with Crippen molar-refractivity contribution in [2.24, 2.45) is 34.5 Å². The van der Waals surface area contributed by atoms with E-state index in [9.17, 15) is 20.0 Å². The Balaban J connectivity index is 1.84. The fourth-order valence-corrected chi connectivity index (χ4v) is 11.3. The molecular formula is C28H39NO6Si. The van der Waals surface area contributed by atoms with Crippen molar-refractivity contribution in [1.82, 2.24) is 0 Å². The largest absolute Gasteiger partial charge is 0.509 e. The van der Waals surface area contributed by atoms with E-state index < -0.39 is 49.7 Å². The average molecular weight is 514 g/mol. The number of ketones is 1. The monoisotopic (exact) mass is 513 g/mol. The van der Waals surface area contributed by atoms with Crippen LogP contribution in [-0.2, 0) is 18.7 Å². The van der Waals surface area contributed by atoms with Crippen LogP contribution in [0.4, 0.5) is 4.79 Å². The molecule has 8 heteroatoms. The molecule has 196 valence electrons. The number of allylic oxidation sites excluding steroid dienone is 1. The molecule has 3 fully saturated rings. The first kappa shape index (κ1) is 25.7. The first-order valence-corrected chi connectivity index (χ1v) is 16.0. The molecule has 5 aliphatic rings. The Morgan fingerprint density at radius 1 is 1.25 bits per heavy atom. The summed E-state index contributed by atoms with van der Waals surface area (Å²) in [7, 11) is -2.38. The molecule has 1 heterocycles. The highest BCUT2D eigenvalue weighted by molar-refractivity contribution is 6.73. The Hall–Kier alpha value is -1.95. The van der Waals surface area contributed by atoms with Crippen molar-refractivity contribution in [2.45, 2.75) is 96.9 Å². The second kappa shape index (κ2) is 8.02. The molecule has 2 bridgehead atoms. The molecule has 0 aromatic heterocycles. The highest BCUT2D eigenvalue weighted by Gasteiger charge is 2.81. The highest BCUT2D eigenvalue weighted by Crippen LogP contribution is 2.73. The standard InChI is InChI=1S/C28H39NO6Si/c1-8-36(9-2,10-3)35-24-17(20(30)14-29)12-18-21-19(26(21,6)7)11-16(5)27(22(18)31)13-15(4)23-28(24,27)34-25(32)33-23/h12-13,16,18-21,23-24,30H,8-11H2,1-7H3/t16-,18-,19-,20?,21+,23+,24-,27+,28-/m1/s1. The van der Waals surface area contributed by atoms with Crippen LogP contribution in [0.5, 0.6) is 0 Å². The zero-order valence-electron chi connectivity index (χ0n) is 22.5. The van der Waals surface area contributed by atoms with Crippen molar-refractivity contribution in [1.29, 1.82) is 5.26 Å². The molecule has 1 unspecified atom stereocenters.